The second kappa shape index (κ2) is 10.4. The summed E-state index contributed by atoms with van der Waals surface area (Å²) in [5, 5.41) is 1.52. The number of nitrogen functional groups attached to an aromatic ring is 1. The van der Waals surface area contributed by atoms with Crippen LogP contribution in [0.3, 0.4) is 0 Å². The molecule has 2 fully saturated rings. The van der Waals surface area contributed by atoms with E-state index >= 15 is 4.39 Å². The minimum absolute atomic E-state index is 0.0841. The summed E-state index contributed by atoms with van der Waals surface area (Å²) in [6.07, 6.45) is 3.06. The lowest BCUT2D eigenvalue weighted by Crippen LogP contribution is -2.59. The van der Waals surface area contributed by atoms with Crippen molar-refractivity contribution in [1.82, 2.24) is 24.8 Å². The van der Waals surface area contributed by atoms with Crippen LogP contribution in [0.15, 0.2) is 37.1 Å². The van der Waals surface area contributed by atoms with E-state index in [1.165, 1.54) is 6.08 Å². The van der Waals surface area contributed by atoms with Crippen molar-refractivity contribution >= 4 is 56.8 Å². The van der Waals surface area contributed by atoms with Gasteiger partial charge >= 0.3 is 0 Å². The number of fused-ring (bicyclic) bond motifs is 2. The molecule has 9 nitrogen and oxygen atoms in total. The van der Waals surface area contributed by atoms with E-state index in [2.05, 4.69) is 26.3 Å². The molecule has 220 valence electrons. The minimum Gasteiger partial charge on any atom is -0.397 e. The zero-order valence-corrected chi connectivity index (χ0v) is 25.3. The number of aryl methyl sites for hydroxylation is 1. The van der Waals surface area contributed by atoms with Crippen LogP contribution in [-0.2, 0) is 4.79 Å². The van der Waals surface area contributed by atoms with E-state index in [1.807, 2.05) is 51.9 Å². The molecule has 3 N–H and O–H groups in total. The highest BCUT2D eigenvalue weighted by atomic mass is 35.5. The number of benzene rings is 2. The average Bonchev–Trinajstić information content (AvgIpc) is 3.30. The van der Waals surface area contributed by atoms with Crippen LogP contribution in [-0.4, -0.2) is 89.1 Å². The molecule has 6 rings (SSSR count). The number of carbonyl (C=O) groups is 1. The molecule has 2 aromatic heterocycles. The summed E-state index contributed by atoms with van der Waals surface area (Å²) < 4.78 is 16.9. The number of likely N-dealkylation sites (N-methyl/N-ethyl adjacent to an activating group) is 1. The summed E-state index contributed by atoms with van der Waals surface area (Å²) in [7, 11) is 4.09. The van der Waals surface area contributed by atoms with Gasteiger partial charge in [0.2, 0.25) is 11.9 Å². The van der Waals surface area contributed by atoms with Crippen LogP contribution in [0.2, 0.25) is 5.02 Å². The lowest BCUT2D eigenvalue weighted by Gasteiger charge is -2.45. The number of nitrogens with zero attached hydrogens (tertiary/aromatic N) is 6. The van der Waals surface area contributed by atoms with Crippen LogP contribution in [0.5, 0.6) is 0 Å². The van der Waals surface area contributed by atoms with E-state index in [0.717, 1.165) is 29.6 Å². The minimum atomic E-state index is -0.510. The van der Waals surface area contributed by atoms with Crippen LogP contribution in [0.1, 0.15) is 19.4 Å². The third kappa shape index (κ3) is 4.44. The molecular formula is C31H36ClFN8O. The first kappa shape index (κ1) is 28.2. The zero-order valence-electron chi connectivity index (χ0n) is 24.6. The van der Waals surface area contributed by atoms with Crippen LogP contribution in [0.4, 0.5) is 21.8 Å². The van der Waals surface area contributed by atoms with Gasteiger partial charge in [0, 0.05) is 77.9 Å². The predicted molar refractivity (Wildman–Crippen MR) is 169 cm³/mol. The molecular weight excluding hydrogens is 555 g/mol. The lowest BCUT2D eigenvalue weighted by atomic mass is 9.94. The van der Waals surface area contributed by atoms with Crippen molar-refractivity contribution in [2.75, 3.05) is 55.8 Å². The van der Waals surface area contributed by atoms with E-state index in [0.29, 0.717) is 47.5 Å². The predicted octanol–water partition coefficient (Wildman–Crippen LogP) is 4.82. The van der Waals surface area contributed by atoms with Crippen LogP contribution in [0, 0.1) is 12.7 Å². The average molecular weight is 591 g/mol. The van der Waals surface area contributed by atoms with Crippen molar-refractivity contribution in [3.8, 4) is 11.1 Å². The molecule has 1 amide bonds. The van der Waals surface area contributed by atoms with Gasteiger partial charge in [-0.2, -0.15) is 4.98 Å². The van der Waals surface area contributed by atoms with E-state index in [1.54, 1.807) is 12.3 Å². The number of nitrogens with one attached hydrogen (secondary N) is 1. The number of anilines is 3. The van der Waals surface area contributed by atoms with Gasteiger partial charge in [-0.15, -0.1) is 0 Å². The molecule has 0 unspecified atom stereocenters. The van der Waals surface area contributed by atoms with Crippen LogP contribution < -0.4 is 15.5 Å². The Morgan fingerprint density at radius 2 is 1.90 bits per heavy atom. The molecule has 2 atom stereocenters. The highest BCUT2D eigenvalue weighted by molar-refractivity contribution is 6.35. The molecule has 2 saturated heterocycles. The highest BCUT2D eigenvalue weighted by Gasteiger charge is 2.36. The van der Waals surface area contributed by atoms with Crippen molar-refractivity contribution in [1.29, 1.82) is 0 Å². The van der Waals surface area contributed by atoms with Gasteiger partial charge in [0.25, 0.3) is 0 Å². The van der Waals surface area contributed by atoms with Crippen molar-refractivity contribution < 1.29 is 9.18 Å². The second-order valence-corrected chi connectivity index (χ2v) is 12.2. The maximum atomic E-state index is 16.9. The molecule has 0 aliphatic carbocycles. The number of aromatic amines is 1. The van der Waals surface area contributed by atoms with E-state index < -0.39 is 5.82 Å². The number of rotatable bonds is 5. The van der Waals surface area contributed by atoms with Crippen molar-refractivity contribution in [2.45, 2.75) is 38.9 Å². The second-order valence-electron chi connectivity index (χ2n) is 11.8. The monoisotopic (exact) mass is 590 g/mol. The quantitative estimate of drug-likeness (QED) is 0.322. The largest absolute Gasteiger partial charge is 0.397 e. The van der Waals surface area contributed by atoms with E-state index in [4.69, 9.17) is 27.3 Å². The number of halogens is 2. The Kier molecular flexibility index (Phi) is 7.01. The molecule has 0 radical (unpaired) electrons. The molecule has 2 aliphatic rings. The third-order valence-corrected chi connectivity index (χ3v) is 9.08. The van der Waals surface area contributed by atoms with Gasteiger partial charge in [-0.25, -0.2) is 9.37 Å². The number of H-pyrrole nitrogens is 1. The standard InChI is InChI=1S/C31H36ClFN8O/c1-7-24(42)40-12-18(4)41(13-17(40)3)30-20-10-21(32)26(25-16(2)8-9-23-27(25)22(34)11-35-23)28(33)29(20)36-31(37-30)39-14-19(15-39)38(5)6/h7-11,17-19,35H,1,12-15,34H2,2-6H3/t17-,18+/m1/s1. The Morgan fingerprint density at radius 1 is 1.17 bits per heavy atom. The highest BCUT2D eigenvalue weighted by Crippen LogP contribution is 2.44. The fourth-order valence-corrected chi connectivity index (χ4v) is 6.51. The van der Waals surface area contributed by atoms with Gasteiger partial charge in [-0.05, 0) is 58.6 Å². The number of hydrogen-bond donors (Lipinski definition) is 2. The molecule has 11 heteroatoms. The molecule has 4 aromatic rings. The Morgan fingerprint density at radius 3 is 2.60 bits per heavy atom. The number of carbonyl (C=O) groups excluding carboxylic acids is 1. The molecule has 42 heavy (non-hydrogen) atoms. The lowest BCUT2D eigenvalue weighted by molar-refractivity contribution is -0.128. The number of nitrogens with two attached hydrogens (primary N) is 1. The maximum absolute atomic E-state index is 16.9. The van der Waals surface area contributed by atoms with Gasteiger partial charge in [-0.1, -0.05) is 24.2 Å². The van der Waals surface area contributed by atoms with E-state index in [9.17, 15) is 4.79 Å². The Bertz CT molecular complexity index is 1730. The fourth-order valence-electron chi connectivity index (χ4n) is 6.23. The van der Waals surface area contributed by atoms with Crippen molar-refractivity contribution in [2.24, 2.45) is 0 Å². The van der Waals surface area contributed by atoms with Gasteiger partial charge in [0.15, 0.2) is 5.82 Å². The number of aromatic nitrogens is 3. The summed E-state index contributed by atoms with van der Waals surface area (Å²) in [4.78, 5) is 33.7. The van der Waals surface area contributed by atoms with Crippen molar-refractivity contribution in [3.63, 3.8) is 0 Å². The molecule has 0 spiro atoms. The third-order valence-electron chi connectivity index (χ3n) is 8.78. The Hall–Kier alpha value is -3.89. The van der Waals surface area contributed by atoms with Gasteiger partial charge < -0.3 is 30.3 Å². The molecule has 4 heterocycles. The van der Waals surface area contributed by atoms with E-state index in [-0.39, 0.29) is 34.1 Å². The Balaban J connectivity index is 1.55. The van der Waals surface area contributed by atoms with Crippen molar-refractivity contribution in [3.05, 3.63) is 53.5 Å². The maximum Gasteiger partial charge on any atom is 0.246 e. The van der Waals surface area contributed by atoms with Crippen LogP contribution >= 0.6 is 11.6 Å². The molecule has 2 aliphatic heterocycles. The first-order valence-electron chi connectivity index (χ1n) is 14.2. The fraction of sp³-hybridized carbons (Fsp3) is 0.387. The summed E-state index contributed by atoms with van der Waals surface area (Å²) in [6.45, 7) is 12.1. The molecule has 0 bridgehead atoms. The molecule has 2 aromatic carbocycles. The Labute approximate surface area is 249 Å². The SMILES string of the molecule is C=CC(=O)N1C[C@H](C)N(c2nc(N3CC(N(C)C)C3)nc3c(F)c(-c4c(C)ccc5[nH]cc(N)c45)c(Cl)cc23)C[C@H]1C. The normalized spacial score (nSPS) is 19.7. The first-order chi connectivity index (χ1) is 20.0. The smallest absolute Gasteiger partial charge is 0.246 e. The summed E-state index contributed by atoms with van der Waals surface area (Å²) >= 11 is 6.94. The van der Waals surface area contributed by atoms with Gasteiger partial charge in [0.1, 0.15) is 11.3 Å². The number of piperazine rings is 1. The molecule has 0 saturated carbocycles. The summed E-state index contributed by atoms with van der Waals surface area (Å²) in [6, 6.07) is 5.81. The van der Waals surface area contributed by atoms with Gasteiger partial charge in [-0.3, -0.25) is 4.79 Å². The summed E-state index contributed by atoms with van der Waals surface area (Å²) in [5.41, 5.74) is 9.64. The van der Waals surface area contributed by atoms with Crippen LogP contribution in [0.25, 0.3) is 32.9 Å². The first-order valence-corrected chi connectivity index (χ1v) is 14.5. The number of amides is 1. The number of hydrogen-bond acceptors (Lipinski definition) is 7. The van der Waals surface area contributed by atoms with Gasteiger partial charge in [0.05, 0.1) is 10.7 Å². The zero-order chi connectivity index (χ0) is 30.0. The topological polar surface area (TPSA) is 97.6 Å². The summed E-state index contributed by atoms with van der Waals surface area (Å²) in [5.74, 6) is 0.467.